The summed E-state index contributed by atoms with van der Waals surface area (Å²) in [5.74, 6) is -2.97. The molecule has 1 aliphatic carbocycles. The van der Waals surface area contributed by atoms with Crippen molar-refractivity contribution in [2.24, 2.45) is 11.0 Å². The van der Waals surface area contributed by atoms with Crippen LogP contribution in [0.25, 0.3) is 11.1 Å². The largest absolute Gasteiger partial charge is 0.860 e. The molecule has 41 heavy (non-hydrogen) atoms. The summed E-state index contributed by atoms with van der Waals surface area (Å²) in [6.45, 7) is 2.39. The van der Waals surface area contributed by atoms with Crippen LogP contribution in [0.5, 0.6) is 0 Å². The highest BCUT2D eigenvalue weighted by Gasteiger charge is 2.29. The average Bonchev–Trinajstić information content (AvgIpc) is 3.31. The summed E-state index contributed by atoms with van der Waals surface area (Å²) < 4.78 is 21.4. The number of hydrogen-bond donors (Lipinski definition) is 3. The van der Waals surface area contributed by atoms with E-state index in [-0.39, 0.29) is 38.8 Å². The first-order valence-electron chi connectivity index (χ1n) is 14.0. The van der Waals surface area contributed by atoms with Gasteiger partial charge in [-0.05, 0) is 67.4 Å². The Labute approximate surface area is 240 Å². The Kier molecular flexibility index (Phi) is 14.1. The zero-order chi connectivity index (χ0) is 29.3. The first-order valence-corrected chi connectivity index (χ1v) is 14.0. The number of amides is 1. The summed E-state index contributed by atoms with van der Waals surface area (Å²) in [4.78, 5) is 25.0. The molecule has 0 fully saturated rings. The Bertz CT molecular complexity index is 1080. The normalized spacial score (nSPS) is 13.4. The molecule has 11 nitrogen and oxygen atoms in total. The lowest BCUT2D eigenvalue weighted by Gasteiger charge is -2.21. The van der Waals surface area contributed by atoms with Crippen LogP contribution in [0.1, 0.15) is 42.7 Å². The van der Waals surface area contributed by atoms with Crippen molar-refractivity contribution in [1.29, 1.82) is 0 Å². The van der Waals surface area contributed by atoms with E-state index in [2.05, 4.69) is 15.8 Å². The summed E-state index contributed by atoms with van der Waals surface area (Å²) in [7, 11) is 1.88. The van der Waals surface area contributed by atoms with Gasteiger partial charge in [-0.25, -0.2) is 10.2 Å². The van der Waals surface area contributed by atoms with E-state index in [0.717, 1.165) is 35.2 Å². The van der Waals surface area contributed by atoms with Crippen molar-refractivity contribution in [2.45, 2.75) is 31.6 Å². The van der Waals surface area contributed by atoms with Gasteiger partial charge in [-0.1, -0.05) is 48.5 Å². The fourth-order valence-electron chi connectivity index (χ4n) is 4.59. The minimum Gasteiger partial charge on any atom is -0.860 e. The van der Waals surface area contributed by atoms with Crippen LogP contribution in [0.3, 0.4) is 0 Å². The number of hydrogen-bond acceptors (Lipinski definition) is 10. The zero-order valence-electron chi connectivity index (χ0n) is 23.5. The molecule has 0 aromatic heterocycles. The van der Waals surface area contributed by atoms with Crippen LogP contribution in [-0.2, 0) is 23.7 Å². The number of fused-ring (bicyclic) bond motifs is 3. The van der Waals surface area contributed by atoms with E-state index in [9.17, 15) is 14.7 Å². The number of ether oxygens (including phenoxy) is 4. The summed E-state index contributed by atoms with van der Waals surface area (Å²) in [5.41, 5.74) is 6.41. The number of benzene rings is 2. The highest BCUT2D eigenvalue weighted by Crippen LogP contribution is 2.44. The summed E-state index contributed by atoms with van der Waals surface area (Å²) in [5, 5.41) is 28.4. The molecule has 0 saturated carbocycles. The number of nitrogens with one attached hydrogen (secondary N) is 2. The van der Waals surface area contributed by atoms with Crippen molar-refractivity contribution in [3.05, 3.63) is 59.7 Å². The van der Waals surface area contributed by atoms with Crippen molar-refractivity contribution >= 4 is 18.0 Å². The molecule has 1 amide bonds. The molecule has 3 N–H and O–H groups in total. The molecule has 11 heteroatoms. The van der Waals surface area contributed by atoms with Crippen molar-refractivity contribution in [3.63, 3.8) is 0 Å². The molecule has 0 bridgehead atoms. The van der Waals surface area contributed by atoms with E-state index < -0.39 is 23.9 Å². The third-order valence-electron chi connectivity index (χ3n) is 6.64. The van der Waals surface area contributed by atoms with Crippen molar-refractivity contribution in [1.82, 2.24) is 10.7 Å². The van der Waals surface area contributed by atoms with Gasteiger partial charge in [-0.15, -0.1) is 0 Å². The third kappa shape index (κ3) is 10.1. The molecule has 0 radical (unpaired) electrons. The Morgan fingerprint density at radius 2 is 1.54 bits per heavy atom. The molecule has 0 heterocycles. The number of nitrogens with zero attached hydrogens (tertiary/aromatic N) is 1. The predicted molar refractivity (Wildman–Crippen MR) is 151 cm³/mol. The molecule has 0 saturated heterocycles. The zero-order valence-corrected chi connectivity index (χ0v) is 23.5. The van der Waals surface area contributed by atoms with Gasteiger partial charge in [0.25, 0.3) is 0 Å². The number of carbonyl (C=O) groups excluding carboxylic acids is 2. The Hall–Kier alpha value is -3.51. The molecule has 0 spiro atoms. The van der Waals surface area contributed by atoms with Crippen molar-refractivity contribution < 1.29 is 38.7 Å². The second kappa shape index (κ2) is 18.0. The van der Waals surface area contributed by atoms with E-state index in [4.69, 9.17) is 24.1 Å². The number of aliphatic hydroxyl groups excluding tert-OH is 1. The number of hydrazone groups is 1. The van der Waals surface area contributed by atoms with Crippen LogP contribution in [0.4, 0.5) is 4.79 Å². The number of esters is 1. The molecule has 2 aromatic carbocycles. The minimum absolute atomic E-state index is 0.0395. The quantitative estimate of drug-likeness (QED) is 0.0759. The second-order valence-electron chi connectivity index (χ2n) is 9.51. The lowest BCUT2D eigenvalue weighted by atomic mass is 9.98. The smallest absolute Gasteiger partial charge is 0.427 e. The molecule has 3 rings (SSSR count). The van der Waals surface area contributed by atoms with Crippen LogP contribution < -0.4 is 15.8 Å². The van der Waals surface area contributed by atoms with Gasteiger partial charge in [0, 0.05) is 19.1 Å². The van der Waals surface area contributed by atoms with E-state index in [1.807, 2.05) is 55.6 Å². The molecular weight excluding hydrogens is 530 g/mol. The number of carbonyl (C=O) groups is 2. The molecule has 0 aliphatic heterocycles. The van der Waals surface area contributed by atoms with Gasteiger partial charge in [-0.2, -0.15) is 5.10 Å². The third-order valence-corrected chi connectivity index (χ3v) is 6.64. The van der Waals surface area contributed by atoms with Gasteiger partial charge < -0.3 is 34.5 Å². The van der Waals surface area contributed by atoms with Gasteiger partial charge in [0.05, 0.1) is 25.7 Å². The maximum atomic E-state index is 12.7. The SMILES string of the molecule is CNCCCOCCOCCOC(=O)C(CCCCO)C([O-])=NNC(=O)OCC1c2ccccc2-c2ccccc21. The summed E-state index contributed by atoms with van der Waals surface area (Å²) in [6.07, 6.45) is 0.943. The van der Waals surface area contributed by atoms with Crippen LogP contribution in [-0.4, -0.2) is 82.9 Å². The fraction of sp³-hybridized carbons (Fsp3) is 0.500. The molecule has 1 unspecified atom stereocenters. The lowest BCUT2D eigenvalue weighted by Crippen LogP contribution is -2.38. The molecule has 1 atom stereocenters. The fourth-order valence-corrected chi connectivity index (χ4v) is 4.59. The van der Waals surface area contributed by atoms with Gasteiger partial charge >= 0.3 is 12.1 Å². The monoisotopic (exact) mass is 570 g/mol. The Morgan fingerprint density at radius 3 is 2.20 bits per heavy atom. The molecule has 1 aliphatic rings. The van der Waals surface area contributed by atoms with Crippen LogP contribution in [0.15, 0.2) is 53.6 Å². The van der Waals surface area contributed by atoms with Crippen molar-refractivity contribution in [2.75, 3.05) is 59.8 Å². The number of rotatable bonds is 19. The Morgan fingerprint density at radius 1 is 0.902 bits per heavy atom. The summed E-state index contributed by atoms with van der Waals surface area (Å²) in [6, 6.07) is 15.9. The standard InChI is InChI=1S/C30H41N3O8/c1-31-14-8-16-38-17-18-39-19-20-40-29(36)26(13-6-7-15-34)28(35)32-33-30(37)41-21-27-24-11-4-2-9-22(24)23-10-3-5-12-25(23)27/h2-5,9-12,26-27,31,34H,6-8,13-21H2,1H3,(H,32,35)(H,33,37)/p-1. The number of unbranched alkanes of at least 4 members (excludes halogenated alkanes) is 1. The van der Waals surface area contributed by atoms with E-state index >= 15 is 0 Å². The Balaban J connectivity index is 1.45. The number of aliphatic hydroxyl groups is 1. The molecule has 2 aromatic rings. The average molecular weight is 571 g/mol. The highest BCUT2D eigenvalue weighted by molar-refractivity contribution is 5.96. The predicted octanol–water partition coefficient (Wildman–Crippen LogP) is 2.16. The van der Waals surface area contributed by atoms with Crippen LogP contribution >= 0.6 is 0 Å². The first-order chi connectivity index (χ1) is 20.1. The lowest BCUT2D eigenvalue weighted by molar-refractivity contribution is -0.226. The van der Waals surface area contributed by atoms with Gasteiger partial charge in [-0.3, -0.25) is 4.79 Å². The van der Waals surface area contributed by atoms with Crippen molar-refractivity contribution in [3.8, 4) is 11.1 Å². The summed E-state index contributed by atoms with van der Waals surface area (Å²) >= 11 is 0. The van der Waals surface area contributed by atoms with Gasteiger partial charge in [0.15, 0.2) is 0 Å². The molecule has 224 valence electrons. The minimum atomic E-state index is -1.22. The van der Waals surface area contributed by atoms with Crippen LogP contribution in [0, 0.1) is 5.92 Å². The van der Waals surface area contributed by atoms with Gasteiger partial charge in [0.1, 0.15) is 13.2 Å². The maximum absolute atomic E-state index is 12.7. The van der Waals surface area contributed by atoms with E-state index in [0.29, 0.717) is 32.7 Å². The van der Waals surface area contributed by atoms with Crippen LogP contribution in [0.2, 0.25) is 0 Å². The highest BCUT2D eigenvalue weighted by atomic mass is 16.6. The maximum Gasteiger partial charge on any atom is 0.427 e. The second-order valence-corrected chi connectivity index (χ2v) is 9.51. The van der Waals surface area contributed by atoms with E-state index in [1.54, 1.807) is 0 Å². The first kappa shape index (κ1) is 32.0. The molecular formula is C30H40N3O8-. The van der Waals surface area contributed by atoms with E-state index in [1.165, 1.54) is 0 Å². The van der Waals surface area contributed by atoms with Gasteiger partial charge in [0.2, 0.25) is 0 Å². The topological polar surface area (TPSA) is 151 Å².